The minimum atomic E-state index is 0.340. The van der Waals surface area contributed by atoms with E-state index in [4.69, 9.17) is 16.3 Å². The molecule has 0 amide bonds. The molecule has 31 heavy (non-hydrogen) atoms. The van der Waals surface area contributed by atoms with Crippen LogP contribution in [0.3, 0.4) is 0 Å². The number of morpholine rings is 1. The summed E-state index contributed by atoms with van der Waals surface area (Å²) in [5.74, 6) is 1.32. The summed E-state index contributed by atoms with van der Waals surface area (Å²) in [6.07, 6.45) is 1.68. The first kappa shape index (κ1) is 21.5. The van der Waals surface area contributed by atoms with Crippen molar-refractivity contribution in [3.63, 3.8) is 0 Å². The topological polar surface area (TPSA) is 87.6 Å². The molecule has 1 aromatic heterocycles. The lowest BCUT2D eigenvalue weighted by molar-refractivity contribution is 0.122. The van der Waals surface area contributed by atoms with Crippen molar-refractivity contribution in [1.82, 2.24) is 15.0 Å². The first-order valence-electron chi connectivity index (χ1n) is 9.73. The molecule has 160 valence electrons. The van der Waals surface area contributed by atoms with Crippen LogP contribution in [0.25, 0.3) is 0 Å². The van der Waals surface area contributed by atoms with E-state index in [1.807, 2.05) is 49.4 Å². The maximum Gasteiger partial charge on any atom is 0.250 e. The van der Waals surface area contributed by atoms with Gasteiger partial charge in [-0.2, -0.15) is 20.1 Å². The second-order valence-corrected chi connectivity index (χ2v) is 8.20. The Morgan fingerprint density at radius 1 is 1.06 bits per heavy atom. The van der Waals surface area contributed by atoms with E-state index in [1.54, 1.807) is 6.21 Å². The standard InChI is InChI=1S/C21H21BrClN7O/c1-14-2-7-18(17(22)12-14)25-19-26-20(28-21(27-19)30-8-10-31-11-9-30)29-24-13-15-3-5-16(23)6-4-15/h2-7,12-13H,8-11H2,1H3,(H2,25,26,27,28,29). The van der Waals surface area contributed by atoms with Crippen molar-refractivity contribution < 1.29 is 4.74 Å². The molecular formula is C21H21BrClN7O. The number of nitrogens with zero attached hydrogens (tertiary/aromatic N) is 5. The third kappa shape index (κ3) is 5.90. The fourth-order valence-corrected chi connectivity index (χ4v) is 3.65. The summed E-state index contributed by atoms with van der Waals surface area (Å²) in [6.45, 7) is 4.73. The predicted octanol–water partition coefficient (Wildman–Crippen LogP) is 4.62. The number of benzene rings is 2. The van der Waals surface area contributed by atoms with Crippen molar-refractivity contribution in [2.24, 2.45) is 5.10 Å². The van der Waals surface area contributed by atoms with Gasteiger partial charge >= 0.3 is 0 Å². The Hall–Kier alpha value is -2.75. The summed E-state index contributed by atoms with van der Waals surface area (Å²) >= 11 is 9.51. The van der Waals surface area contributed by atoms with Gasteiger partial charge in [-0.15, -0.1) is 0 Å². The first-order chi connectivity index (χ1) is 15.1. The quantitative estimate of drug-likeness (QED) is 0.375. The van der Waals surface area contributed by atoms with Gasteiger partial charge in [-0.1, -0.05) is 29.8 Å². The minimum absolute atomic E-state index is 0.340. The average molecular weight is 503 g/mol. The molecule has 0 radical (unpaired) electrons. The second kappa shape index (κ2) is 10.0. The molecule has 1 aliphatic heterocycles. The van der Waals surface area contributed by atoms with E-state index in [0.717, 1.165) is 21.3 Å². The van der Waals surface area contributed by atoms with Gasteiger partial charge in [-0.05, 0) is 58.2 Å². The molecule has 0 saturated carbocycles. The van der Waals surface area contributed by atoms with Gasteiger partial charge in [0.15, 0.2) is 0 Å². The van der Waals surface area contributed by atoms with E-state index >= 15 is 0 Å². The largest absolute Gasteiger partial charge is 0.378 e. The molecule has 2 aromatic carbocycles. The maximum absolute atomic E-state index is 5.93. The molecule has 1 fully saturated rings. The third-order valence-corrected chi connectivity index (χ3v) is 5.44. The number of ether oxygens (including phenoxy) is 1. The summed E-state index contributed by atoms with van der Waals surface area (Å²) < 4.78 is 6.37. The maximum atomic E-state index is 5.93. The zero-order valence-corrected chi connectivity index (χ0v) is 19.2. The van der Waals surface area contributed by atoms with Crippen LogP contribution in [0, 0.1) is 6.92 Å². The van der Waals surface area contributed by atoms with Crippen LogP contribution in [-0.4, -0.2) is 47.5 Å². The van der Waals surface area contributed by atoms with E-state index in [1.165, 1.54) is 0 Å². The van der Waals surface area contributed by atoms with Crippen molar-refractivity contribution in [2.75, 3.05) is 41.9 Å². The lowest BCUT2D eigenvalue weighted by Gasteiger charge is -2.27. The molecular weight excluding hydrogens is 482 g/mol. The fourth-order valence-electron chi connectivity index (χ4n) is 2.93. The van der Waals surface area contributed by atoms with Crippen molar-refractivity contribution in [3.8, 4) is 0 Å². The molecule has 1 aliphatic rings. The van der Waals surface area contributed by atoms with Gasteiger partial charge in [0.1, 0.15) is 0 Å². The Bertz CT molecular complexity index is 1070. The Labute approximate surface area is 193 Å². The van der Waals surface area contributed by atoms with Gasteiger partial charge in [-0.25, -0.2) is 5.43 Å². The molecule has 0 spiro atoms. The number of rotatable bonds is 6. The Balaban J connectivity index is 1.58. The van der Waals surface area contributed by atoms with Crippen LogP contribution in [0.4, 0.5) is 23.5 Å². The van der Waals surface area contributed by atoms with Crippen LogP contribution in [0.1, 0.15) is 11.1 Å². The van der Waals surface area contributed by atoms with Crippen LogP contribution in [0.2, 0.25) is 5.02 Å². The molecule has 10 heteroatoms. The highest BCUT2D eigenvalue weighted by molar-refractivity contribution is 9.10. The molecule has 4 rings (SSSR count). The van der Waals surface area contributed by atoms with Crippen molar-refractivity contribution in [3.05, 3.63) is 63.1 Å². The third-order valence-electron chi connectivity index (χ3n) is 4.54. The molecule has 8 nitrogen and oxygen atoms in total. The number of hydrogen-bond acceptors (Lipinski definition) is 8. The average Bonchev–Trinajstić information content (AvgIpc) is 2.78. The summed E-state index contributed by atoms with van der Waals surface area (Å²) in [5.41, 5.74) is 5.82. The van der Waals surface area contributed by atoms with E-state index < -0.39 is 0 Å². The molecule has 1 saturated heterocycles. The smallest absolute Gasteiger partial charge is 0.250 e. The second-order valence-electron chi connectivity index (χ2n) is 6.91. The number of aryl methyl sites for hydroxylation is 1. The molecule has 0 unspecified atom stereocenters. The van der Waals surface area contributed by atoms with Gasteiger partial charge in [0.2, 0.25) is 17.8 Å². The fraction of sp³-hybridized carbons (Fsp3) is 0.238. The number of hydrazone groups is 1. The zero-order valence-electron chi connectivity index (χ0n) is 16.8. The molecule has 0 aliphatic carbocycles. The van der Waals surface area contributed by atoms with E-state index in [-0.39, 0.29) is 0 Å². The number of hydrogen-bond donors (Lipinski definition) is 2. The van der Waals surface area contributed by atoms with E-state index in [2.05, 4.69) is 51.6 Å². The monoisotopic (exact) mass is 501 g/mol. The normalized spacial score (nSPS) is 14.1. The molecule has 2 N–H and O–H groups in total. The van der Waals surface area contributed by atoms with Crippen LogP contribution < -0.4 is 15.6 Å². The SMILES string of the molecule is Cc1ccc(Nc2nc(NN=Cc3ccc(Cl)cc3)nc(N3CCOCC3)n2)c(Br)c1. The summed E-state index contributed by atoms with van der Waals surface area (Å²) in [5, 5.41) is 8.19. The number of nitrogens with one attached hydrogen (secondary N) is 2. The lowest BCUT2D eigenvalue weighted by Crippen LogP contribution is -2.37. The molecule has 3 aromatic rings. The van der Waals surface area contributed by atoms with Crippen molar-refractivity contribution in [2.45, 2.75) is 6.92 Å². The summed E-state index contributed by atoms with van der Waals surface area (Å²) in [7, 11) is 0. The van der Waals surface area contributed by atoms with Gasteiger partial charge in [0, 0.05) is 22.6 Å². The lowest BCUT2D eigenvalue weighted by atomic mass is 10.2. The Morgan fingerprint density at radius 2 is 1.81 bits per heavy atom. The highest BCUT2D eigenvalue weighted by Gasteiger charge is 2.17. The molecule has 0 bridgehead atoms. The highest BCUT2D eigenvalue weighted by atomic mass is 79.9. The number of aromatic nitrogens is 3. The predicted molar refractivity (Wildman–Crippen MR) is 128 cm³/mol. The van der Waals surface area contributed by atoms with Crippen LogP contribution >= 0.6 is 27.5 Å². The van der Waals surface area contributed by atoms with Gasteiger partial charge < -0.3 is 15.0 Å². The Kier molecular flexibility index (Phi) is 6.96. The Morgan fingerprint density at radius 3 is 2.55 bits per heavy atom. The molecule has 0 atom stereocenters. The van der Waals surface area contributed by atoms with Gasteiger partial charge in [-0.3, -0.25) is 0 Å². The van der Waals surface area contributed by atoms with Crippen LogP contribution in [-0.2, 0) is 4.74 Å². The van der Waals surface area contributed by atoms with Crippen molar-refractivity contribution >= 4 is 57.3 Å². The first-order valence-corrected chi connectivity index (χ1v) is 10.9. The summed E-state index contributed by atoms with van der Waals surface area (Å²) in [4.78, 5) is 15.7. The molecule has 2 heterocycles. The summed E-state index contributed by atoms with van der Waals surface area (Å²) in [6, 6.07) is 13.4. The van der Waals surface area contributed by atoms with E-state index in [9.17, 15) is 0 Å². The number of anilines is 4. The highest BCUT2D eigenvalue weighted by Crippen LogP contribution is 2.26. The van der Waals surface area contributed by atoms with Crippen LogP contribution in [0.15, 0.2) is 52.0 Å². The number of halogens is 2. The van der Waals surface area contributed by atoms with Gasteiger partial charge in [0.05, 0.1) is 25.1 Å². The minimum Gasteiger partial charge on any atom is -0.378 e. The van der Waals surface area contributed by atoms with E-state index in [0.29, 0.717) is 49.2 Å². The van der Waals surface area contributed by atoms with Crippen LogP contribution in [0.5, 0.6) is 0 Å². The van der Waals surface area contributed by atoms with Gasteiger partial charge in [0.25, 0.3) is 0 Å². The zero-order chi connectivity index (χ0) is 21.6. The van der Waals surface area contributed by atoms with Crippen molar-refractivity contribution in [1.29, 1.82) is 0 Å².